The first-order chi connectivity index (χ1) is 13.5. The molecule has 0 atom stereocenters. The molecule has 0 bridgehead atoms. The summed E-state index contributed by atoms with van der Waals surface area (Å²) >= 11 is 3.23. The molecule has 3 nitrogen and oxygen atoms in total. The van der Waals surface area contributed by atoms with E-state index in [1.165, 1.54) is 12.1 Å². The summed E-state index contributed by atoms with van der Waals surface area (Å²) in [5.41, 5.74) is 2.89. The number of carbonyl (C=O) groups excluding carboxylic acids is 2. The summed E-state index contributed by atoms with van der Waals surface area (Å²) in [5.74, 6) is -1.32. The molecule has 0 N–H and O–H groups in total. The van der Waals surface area contributed by atoms with Crippen molar-refractivity contribution in [2.45, 2.75) is 6.92 Å². The standard InChI is InChI=1S/C23H15BrFNO2/c1-14-5-4-6-17(11-14)26-22(27)19-8-3-2-7-18(19)20(23(26)28)12-15-9-10-16(24)13-21(15)25/h2-13H,1H3/b20-12-. The normalized spacial score (nSPS) is 15.1. The fourth-order valence-electron chi connectivity index (χ4n) is 3.27. The molecular weight excluding hydrogens is 421 g/mol. The van der Waals surface area contributed by atoms with Crippen LogP contribution in [0.4, 0.5) is 10.1 Å². The molecule has 0 aliphatic carbocycles. The number of anilines is 1. The summed E-state index contributed by atoms with van der Waals surface area (Å²) in [4.78, 5) is 27.5. The highest BCUT2D eigenvalue weighted by atomic mass is 79.9. The van der Waals surface area contributed by atoms with Gasteiger partial charge < -0.3 is 0 Å². The molecule has 4 rings (SSSR count). The van der Waals surface area contributed by atoms with Crippen LogP contribution in [0.15, 0.2) is 71.2 Å². The van der Waals surface area contributed by atoms with E-state index in [1.807, 2.05) is 13.0 Å². The molecule has 0 saturated carbocycles. The fourth-order valence-corrected chi connectivity index (χ4v) is 3.60. The molecule has 1 heterocycles. The van der Waals surface area contributed by atoms with Crippen LogP contribution in [0, 0.1) is 12.7 Å². The second-order valence-corrected chi connectivity index (χ2v) is 7.47. The first-order valence-electron chi connectivity index (χ1n) is 8.67. The molecule has 0 unspecified atom stereocenters. The third-order valence-corrected chi connectivity index (χ3v) is 5.10. The molecule has 28 heavy (non-hydrogen) atoms. The highest BCUT2D eigenvalue weighted by Crippen LogP contribution is 2.34. The van der Waals surface area contributed by atoms with Crippen molar-refractivity contribution < 1.29 is 14.0 Å². The predicted octanol–water partition coefficient (Wildman–Crippen LogP) is 5.62. The summed E-state index contributed by atoms with van der Waals surface area (Å²) in [7, 11) is 0. The van der Waals surface area contributed by atoms with Crippen LogP contribution >= 0.6 is 15.9 Å². The second kappa shape index (κ2) is 7.17. The van der Waals surface area contributed by atoms with Gasteiger partial charge in [-0.25, -0.2) is 9.29 Å². The van der Waals surface area contributed by atoms with Crippen LogP contribution in [0.25, 0.3) is 11.6 Å². The lowest BCUT2D eigenvalue weighted by Crippen LogP contribution is -2.41. The van der Waals surface area contributed by atoms with Crippen LogP contribution in [-0.2, 0) is 4.79 Å². The van der Waals surface area contributed by atoms with E-state index in [9.17, 15) is 14.0 Å². The number of rotatable bonds is 2. The Kier molecular flexibility index (Phi) is 4.69. The average Bonchev–Trinajstić information content (AvgIpc) is 2.67. The van der Waals surface area contributed by atoms with E-state index < -0.39 is 11.7 Å². The average molecular weight is 436 g/mol. The minimum absolute atomic E-state index is 0.276. The molecule has 0 spiro atoms. The van der Waals surface area contributed by atoms with Gasteiger partial charge in [0.25, 0.3) is 11.8 Å². The maximum absolute atomic E-state index is 14.4. The molecule has 5 heteroatoms. The van der Waals surface area contributed by atoms with Gasteiger partial charge in [-0.1, -0.05) is 52.3 Å². The van der Waals surface area contributed by atoms with Gasteiger partial charge in [0.05, 0.1) is 5.69 Å². The van der Waals surface area contributed by atoms with Crippen LogP contribution < -0.4 is 4.90 Å². The number of halogens is 2. The van der Waals surface area contributed by atoms with Crippen LogP contribution in [0.3, 0.4) is 0 Å². The van der Waals surface area contributed by atoms with Crippen molar-refractivity contribution in [3.8, 4) is 0 Å². The van der Waals surface area contributed by atoms with E-state index >= 15 is 0 Å². The van der Waals surface area contributed by atoms with Crippen LogP contribution in [0.5, 0.6) is 0 Å². The SMILES string of the molecule is Cc1cccc(N2C(=O)/C(=C\c3ccc(Br)cc3F)c3ccccc3C2=O)c1. The van der Waals surface area contributed by atoms with Gasteiger partial charge in [0.2, 0.25) is 0 Å². The summed E-state index contributed by atoms with van der Waals surface area (Å²) in [6.45, 7) is 1.89. The minimum atomic E-state index is -0.475. The summed E-state index contributed by atoms with van der Waals surface area (Å²) in [5, 5.41) is 0. The Bertz CT molecular complexity index is 1150. The van der Waals surface area contributed by atoms with Gasteiger partial charge in [0.1, 0.15) is 5.82 Å². The largest absolute Gasteiger partial charge is 0.268 e. The number of carbonyl (C=O) groups is 2. The Labute approximate surface area is 170 Å². The molecule has 3 aromatic carbocycles. The van der Waals surface area contributed by atoms with Gasteiger partial charge in [0, 0.05) is 21.2 Å². The van der Waals surface area contributed by atoms with E-state index in [0.29, 0.717) is 21.3 Å². The first-order valence-corrected chi connectivity index (χ1v) is 9.46. The minimum Gasteiger partial charge on any atom is -0.268 e. The Morgan fingerprint density at radius 3 is 2.36 bits per heavy atom. The molecular formula is C23H15BrFNO2. The molecule has 2 amide bonds. The van der Waals surface area contributed by atoms with Crippen molar-refractivity contribution >= 4 is 45.1 Å². The maximum Gasteiger partial charge on any atom is 0.265 e. The molecule has 138 valence electrons. The number of nitrogens with zero attached hydrogens (tertiary/aromatic N) is 1. The van der Waals surface area contributed by atoms with Crippen LogP contribution in [0.2, 0.25) is 0 Å². The Morgan fingerprint density at radius 2 is 1.64 bits per heavy atom. The maximum atomic E-state index is 14.4. The zero-order valence-corrected chi connectivity index (χ0v) is 16.5. The van der Waals surface area contributed by atoms with Gasteiger partial charge in [-0.05, 0) is 54.5 Å². The third-order valence-electron chi connectivity index (χ3n) is 4.61. The van der Waals surface area contributed by atoms with Gasteiger partial charge in [0.15, 0.2) is 0 Å². The van der Waals surface area contributed by atoms with E-state index in [-0.39, 0.29) is 17.0 Å². The quantitative estimate of drug-likeness (QED) is 0.386. The topological polar surface area (TPSA) is 37.4 Å². The highest BCUT2D eigenvalue weighted by molar-refractivity contribution is 9.10. The van der Waals surface area contributed by atoms with Gasteiger partial charge >= 0.3 is 0 Å². The lowest BCUT2D eigenvalue weighted by molar-refractivity contribution is -0.112. The third kappa shape index (κ3) is 3.18. The summed E-state index contributed by atoms with van der Waals surface area (Å²) in [6.07, 6.45) is 1.50. The van der Waals surface area contributed by atoms with Crippen molar-refractivity contribution in [2.24, 2.45) is 0 Å². The smallest absolute Gasteiger partial charge is 0.265 e. The zero-order chi connectivity index (χ0) is 19.8. The van der Waals surface area contributed by atoms with Crippen LogP contribution in [0.1, 0.15) is 27.0 Å². The lowest BCUT2D eigenvalue weighted by atomic mass is 9.91. The van der Waals surface area contributed by atoms with E-state index in [2.05, 4.69) is 15.9 Å². The summed E-state index contributed by atoms with van der Waals surface area (Å²) in [6, 6.07) is 18.7. The number of benzene rings is 3. The van der Waals surface area contributed by atoms with Crippen molar-refractivity contribution in [3.05, 3.63) is 99.3 Å². The van der Waals surface area contributed by atoms with E-state index in [4.69, 9.17) is 0 Å². The van der Waals surface area contributed by atoms with E-state index in [0.717, 1.165) is 10.5 Å². The van der Waals surface area contributed by atoms with Crippen molar-refractivity contribution in [3.63, 3.8) is 0 Å². The number of hydrogen-bond donors (Lipinski definition) is 0. The number of fused-ring (bicyclic) bond motifs is 1. The number of amides is 2. The molecule has 0 saturated heterocycles. The Balaban J connectivity index is 1.92. The second-order valence-electron chi connectivity index (χ2n) is 6.55. The predicted molar refractivity (Wildman–Crippen MR) is 111 cm³/mol. The molecule has 3 aromatic rings. The molecule has 1 aliphatic rings. The Morgan fingerprint density at radius 1 is 0.893 bits per heavy atom. The molecule has 1 aliphatic heterocycles. The van der Waals surface area contributed by atoms with Crippen LogP contribution in [-0.4, -0.2) is 11.8 Å². The van der Waals surface area contributed by atoms with Gasteiger partial charge in [-0.2, -0.15) is 0 Å². The van der Waals surface area contributed by atoms with Gasteiger partial charge in [-0.15, -0.1) is 0 Å². The monoisotopic (exact) mass is 435 g/mol. The number of hydrogen-bond acceptors (Lipinski definition) is 2. The van der Waals surface area contributed by atoms with Crippen molar-refractivity contribution in [1.82, 2.24) is 0 Å². The molecule has 0 aromatic heterocycles. The van der Waals surface area contributed by atoms with Crippen molar-refractivity contribution in [1.29, 1.82) is 0 Å². The highest BCUT2D eigenvalue weighted by Gasteiger charge is 2.35. The molecule has 0 fully saturated rings. The van der Waals surface area contributed by atoms with E-state index in [1.54, 1.807) is 54.6 Å². The lowest BCUT2D eigenvalue weighted by Gasteiger charge is -2.29. The van der Waals surface area contributed by atoms with Crippen molar-refractivity contribution in [2.75, 3.05) is 4.90 Å². The zero-order valence-electron chi connectivity index (χ0n) is 14.9. The Hall–Kier alpha value is -3.05. The molecule has 0 radical (unpaired) electrons. The van der Waals surface area contributed by atoms with Gasteiger partial charge in [-0.3, -0.25) is 9.59 Å². The fraction of sp³-hybridized carbons (Fsp3) is 0.0435. The number of imide groups is 1. The summed E-state index contributed by atoms with van der Waals surface area (Å²) < 4.78 is 15.0. The first kappa shape index (κ1) is 18.3. The number of aryl methyl sites for hydroxylation is 1.